The molecule has 0 spiro atoms. The van der Waals surface area contributed by atoms with Gasteiger partial charge in [-0.05, 0) is 51.2 Å². The van der Waals surface area contributed by atoms with Gasteiger partial charge in [0.05, 0.1) is 11.5 Å². The van der Waals surface area contributed by atoms with Crippen LogP contribution in [0.15, 0.2) is 29.2 Å². The Morgan fingerprint density at radius 3 is 2.33 bits per heavy atom. The van der Waals surface area contributed by atoms with Gasteiger partial charge in [-0.2, -0.15) is 8.42 Å². The van der Waals surface area contributed by atoms with E-state index in [0.29, 0.717) is 25.4 Å². The molecule has 1 unspecified atom stereocenters. The Bertz CT molecular complexity index is 751. The van der Waals surface area contributed by atoms with E-state index in [1.165, 1.54) is 6.92 Å². The standard InChI is InChI=1S/C19H27NO6S/c1-14-4-6-18(7-5-14)27(23,24)25-13-10-17-8-11-20(12-9-17)19(22)15(2)26-16(3)21/h4-7,15,17H,8-13H2,1-3H3. The zero-order chi connectivity index (χ0) is 20.0. The molecule has 8 heteroatoms. The van der Waals surface area contributed by atoms with Crippen LogP contribution in [-0.2, 0) is 28.6 Å². The lowest BCUT2D eigenvalue weighted by Crippen LogP contribution is -2.44. The molecule has 27 heavy (non-hydrogen) atoms. The number of piperidine rings is 1. The molecule has 0 N–H and O–H groups in total. The lowest BCUT2D eigenvalue weighted by molar-refractivity contribution is -0.158. The van der Waals surface area contributed by atoms with Crippen molar-refractivity contribution in [1.82, 2.24) is 4.90 Å². The van der Waals surface area contributed by atoms with Gasteiger partial charge in [0.25, 0.3) is 16.0 Å². The van der Waals surface area contributed by atoms with Gasteiger partial charge in [-0.15, -0.1) is 0 Å². The summed E-state index contributed by atoms with van der Waals surface area (Å²) >= 11 is 0. The van der Waals surface area contributed by atoms with Gasteiger partial charge >= 0.3 is 5.97 Å². The second-order valence-corrected chi connectivity index (χ2v) is 8.51. The molecule has 1 amide bonds. The van der Waals surface area contributed by atoms with Crippen LogP contribution < -0.4 is 0 Å². The Morgan fingerprint density at radius 2 is 1.78 bits per heavy atom. The molecule has 0 saturated carbocycles. The number of hydrogen-bond acceptors (Lipinski definition) is 6. The fourth-order valence-corrected chi connectivity index (χ4v) is 4.02. The first-order valence-electron chi connectivity index (χ1n) is 9.11. The molecule has 1 aliphatic heterocycles. The number of hydrogen-bond donors (Lipinski definition) is 0. The van der Waals surface area contributed by atoms with Crippen molar-refractivity contribution in [2.75, 3.05) is 19.7 Å². The van der Waals surface area contributed by atoms with Crippen LogP contribution in [0.4, 0.5) is 0 Å². The van der Waals surface area contributed by atoms with Gasteiger partial charge in [0.2, 0.25) is 0 Å². The Labute approximate surface area is 160 Å². The van der Waals surface area contributed by atoms with Crippen LogP contribution in [0.5, 0.6) is 0 Å². The van der Waals surface area contributed by atoms with Gasteiger partial charge < -0.3 is 9.64 Å². The fraction of sp³-hybridized carbons (Fsp3) is 0.579. The molecule has 1 heterocycles. The molecule has 1 atom stereocenters. The van der Waals surface area contributed by atoms with Crippen molar-refractivity contribution in [2.24, 2.45) is 5.92 Å². The molecule has 1 fully saturated rings. The van der Waals surface area contributed by atoms with Gasteiger partial charge in [-0.25, -0.2) is 0 Å². The molecule has 1 aromatic carbocycles. The summed E-state index contributed by atoms with van der Waals surface area (Å²) in [6, 6.07) is 6.55. The van der Waals surface area contributed by atoms with E-state index in [9.17, 15) is 18.0 Å². The highest BCUT2D eigenvalue weighted by atomic mass is 32.2. The Hall–Kier alpha value is -1.93. The predicted molar refractivity (Wildman–Crippen MR) is 99.5 cm³/mol. The Morgan fingerprint density at radius 1 is 1.19 bits per heavy atom. The molecular formula is C19H27NO6S. The maximum atomic E-state index is 12.2. The molecule has 1 saturated heterocycles. The van der Waals surface area contributed by atoms with Gasteiger partial charge in [0, 0.05) is 20.0 Å². The summed E-state index contributed by atoms with van der Waals surface area (Å²) in [7, 11) is -3.74. The second-order valence-electron chi connectivity index (χ2n) is 6.90. The lowest BCUT2D eigenvalue weighted by atomic mass is 9.94. The van der Waals surface area contributed by atoms with Crippen LogP contribution in [0.25, 0.3) is 0 Å². The van der Waals surface area contributed by atoms with Gasteiger partial charge in [0.1, 0.15) is 0 Å². The normalized spacial score (nSPS) is 16.8. The first-order valence-corrected chi connectivity index (χ1v) is 10.5. The van der Waals surface area contributed by atoms with Crippen LogP contribution in [0.1, 0.15) is 38.7 Å². The fourth-order valence-electron chi connectivity index (χ4n) is 3.10. The molecule has 1 aromatic rings. The van der Waals surface area contributed by atoms with Crippen molar-refractivity contribution < 1.29 is 26.9 Å². The average molecular weight is 397 g/mol. The number of benzene rings is 1. The van der Waals surface area contributed by atoms with Crippen LogP contribution >= 0.6 is 0 Å². The number of amides is 1. The number of rotatable bonds is 7. The average Bonchev–Trinajstić information content (AvgIpc) is 2.61. The lowest BCUT2D eigenvalue weighted by Gasteiger charge is -2.33. The molecule has 0 aliphatic carbocycles. The van der Waals surface area contributed by atoms with Crippen molar-refractivity contribution >= 4 is 22.0 Å². The minimum absolute atomic E-state index is 0.124. The first kappa shape index (κ1) is 21.4. The highest BCUT2D eigenvalue weighted by Crippen LogP contribution is 2.22. The number of aryl methyl sites for hydroxylation is 1. The van der Waals surface area contributed by atoms with E-state index in [1.807, 2.05) is 6.92 Å². The number of likely N-dealkylation sites (tertiary alicyclic amines) is 1. The first-order chi connectivity index (χ1) is 12.7. The molecule has 7 nitrogen and oxygen atoms in total. The van der Waals surface area contributed by atoms with Gasteiger partial charge in [-0.3, -0.25) is 13.8 Å². The zero-order valence-electron chi connectivity index (χ0n) is 16.0. The van der Waals surface area contributed by atoms with Crippen LogP contribution in [0, 0.1) is 12.8 Å². The SMILES string of the molecule is CC(=O)OC(C)C(=O)N1CCC(CCOS(=O)(=O)c2ccc(C)cc2)CC1. The summed E-state index contributed by atoms with van der Waals surface area (Å²) in [6.45, 7) is 6.00. The highest BCUT2D eigenvalue weighted by molar-refractivity contribution is 7.86. The van der Waals surface area contributed by atoms with E-state index in [2.05, 4.69) is 0 Å². The number of esters is 1. The third-order valence-electron chi connectivity index (χ3n) is 4.69. The predicted octanol–water partition coefficient (Wildman–Crippen LogP) is 2.28. The third-order valence-corrected chi connectivity index (χ3v) is 6.02. The number of carbonyl (C=O) groups is 2. The molecule has 0 bridgehead atoms. The number of ether oxygens (including phenoxy) is 1. The monoisotopic (exact) mass is 397 g/mol. The number of carbonyl (C=O) groups excluding carboxylic acids is 2. The van der Waals surface area contributed by atoms with E-state index in [0.717, 1.165) is 18.4 Å². The van der Waals surface area contributed by atoms with Crippen LogP contribution in [-0.4, -0.2) is 51.0 Å². The third kappa shape index (κ3) is 6.32. The summed E-state index contributed by atoms with van der Waals surface area (Å²) in [4.78, 5) is 25.0. The minimum atomic E-state index is -3.74. The van der Waals surface area contributed by atoms with Crippen molar-refractivity contribution in [2.45, 2.75) is 51.0 Å². The van der Waals surface area contributed by atoms with Crippen LogP contribution in [0.2, 0.25) is 0 Å². The van der Waals surface area contributed by atoms with Crippen molar-refractivity contribution in [3.8, 4) is 0 Å². The Balaban J connectivity index is 1.75. The molecule has 150 valence electrons. The highest BCUT2D eigenvalue weighted by Gasteiger charge is 2.27. The van der Waals surface area contributed by atoms with E-state index >= 15 is 0 Å². The van der Waals surface area contributed by atoms with Gasteiger partial charge in [-0.1, -0.05) is 17.7 Å². The summed E-state index contributed by atoms with van der Waals surface area (Å²) in [5.41, 5.74) is 0.985. The zero-order valence-corrected chi connectivity index (χ0v) is 16.8. The molecule has 2 rings (SSSR count). The smallest absolute Gasteiger partial charge is 0.303 e. The van der Waals surface area contributed by atoms with E-state index in [4.69, 9.17) is 8.92 Å². The van der Waals surface area contributed by atoms with Crippen molar-refractivity contribution in [3.05, 3.63) is 29.8 Å². The molecular weight excluding hydrogens is 370 g/mol. The molecule has 0 aromatic heterocycles. The largest absolute Gasteiger partial charge is 0.453 e. The minimum Gasteiger partial charge on any atom is -0.453 e. The topological polar surface area (TPSA) is 90.0 Å². The maximum Gasteiger partial charge on any atom is 0.303 e. The summed E-state index contributed by atoms with van der Waals surface area (Å²) in [5, 5.41) is 0. The van der Waals surface area contributed by atoms with E-state index < -0.39 is 22.2 Å². The maximum absolute atomic E-state index is 12.2. The van der Waals surface area contributed by atoms with E-state index in [-0.39, 0.29) is 17.4 Å². The quantitative estimate of drug-likeness (QED) is 0.518. The molecule has 1 aliphatic rings. The number of nitrogens with zero attached hydrogens (tertiary/aromatic N) is 1. The summed E-state index contributed by atoms with van der Waals surface area (Å²) < 4.78 is 34.4. The van der Waals surface area contributed by atoms with Crippen LogP contribution in [0.3, 0.4) is 0 Å². The molecule has 0 radical (unpaired) electrons. The van der Waals surface area contributed by atoms with Gasteiger partial charge in [0.15, 0.2) is 6.10 Å². The summed E-state index contributed by atoms with van der Waals surface area (Å²) in [5.74, 6) is -0.370. The van der Waals surface area contributed by atoms with Crippen molar-refractivity contribution in [3.63, 3.8) is 0 Å². The van der Waals surface area contributed by atoms with Crippen molar-refractivity contribution in [1.29, 1.82) is 0 Å². The second kappa shape index (κ2) is 9.32. The van der Waals surface area contributed by atoms with E-state index in [1.54, 1.807) is 36.1 Å². The Kier molecular flexibility index (Phi) is 7.38. The summed E-state index contributed by atoms with van der Waals surface area (Å²) in [6.07, 6.45) is 1.38.